The molecule has 1 unspecified atom stereocenters. The number of anilines is 1. The number of nitrogens with one attached hydrogen (secondary N) is 2. The molecule has 1 aromatic heterocycles. The highest BCUT2D eigenvalue weighted by molar-refractivity contribution is 5.65. The summed E-state index contributed by atoms with van der Waals surface area (Å²) in [5, 5.41) is 31.6. The molecule has 1 aliphatic heterocycles. The Kier molecular flexibility index (Phi) is 4.33. The van der Waals surface area contributed by atoms with Gasteiger partial charge in [0.25, 0.3) is 11.4 Å². The summed E-state index contributed by atoms with van der Waals surface area (Å²) in [4.78, 5) is 24.8. The van der Waals surface area contributed by atoms with E-state index in [0.717, 1.165) is 12.5 Å². The van der Waals surface area contributed by atoms with Crippen LogP contribution in [0.4, 0.5) is 17.1 Å². The first-order valence-corrected chi connectivity index (χ1v) is 7.20. The van der Waals surface area contributed by atoms with Crippen molar-refractivity contribution in [3.8, 4) is 0 Å². The highest BCUT2D eigenvalue weighted by Crippen LogP contribution is 2.29. The van der Waals surface area contributed by atoms with Gasteiger partial charge >= 0.3 is 0 Å². The van der Waals surface area contributed by atoms with E-state index in [0.29, 0.717) is 24.9 Å². The molecule has 0 bridgehead atoms. The van der Waals surface area contributed by atoms with Gasteiger partial charge in [-0.3, -0.25) is 25.3 Å². The van der Waals surface area contributed by atoms with Gasteiger partial charge in [-0.15, -0.1) is 0 Å². The zero-order valence-corrected chi connectivity index (χ0v) is 12.5. The normalized spacial score (nSPS) is 16.9. The largest absolute Gasteiger partial charge is 0.381 e. The number of benzene rings is 1. The molecule has 0 spiro atoms. The fourth-order valence-electron chi connectivity index (χ4n) is 2.42. The van der Waals surface area contributed by atoms with Gasteiger partial charge in [0.2, 0.25) is 0 Å². The smallest absolute Gasteiger partial charge is 0.299 e. The summed E-state index contributed by atoms with van der Waals surface area (Å²) in [5.74, 6) is 1.33. The molecule has 1 saturated heterocycles. The van der Waals surface area contributed by atoms with E-state index in [2.05, 4.69) is 20.5 Å². The molecular formula is C13H14N6O5. The summed E-state index contributed by atoms with van der Waals surface area (Å²) in [7, 11) is 0. The van der Waals surface area contributed by atoms with Crippen molar-refractivity contribution in [3.05, 3.63) is 50.1 Å². The minimum Gasteiger partial charge on any atom is -0.381 e. The van der Waals surface area contributed by atoms with Gasteiger partial charge in [-0.05, 0) is 12.5 Å². The predicted octanol–water partition coefficient (Wildman–Crippen LogP) is 1.74. The number of nitro benzene ring substituents is 2. The maximum atomic E-state index is 11.1. The lowest BCUT2D eigenvalue weighted by atomic mass is 10.1. The Morgan fingerprint density at radius 1 is 1.33 bits per heavy atom. The van der Waals surface area contributed by atoms with Crippen molar-refractivity contribution in [2.24, 2.45) is 0 Å². The first-order valence-electron chi connectivity index (χ1n) is 7.20. The Balaban J connectivity index is 1.72. The summed E-state index contributed by atoms with van der Waals surface area (Å²) < 4.78 is 5.28. The predicted molar refractivity (Wildman–Crippen MR) is 81.6 cm³/mol. The Morgan fingerprint density at radius 3 is 2.83 bits per heavy atom. The van der Waals surface area contributed by atoms with Crippen molar-refractivity contribution in [3.63, 3.8) is 0 Å². The third-order valence-electron chi connectivity index (χ3n) is 3.68. The van der Waals surface area contributed by atoms with Crippen LogP contribution in [0, 0.1) is 20.2 Å². The highest BCUT2D eigenvalue weighted by atomic mass is 16.6. The number of aromatic nitrogens is 3. The third kappa shape index (κ3) is 3.30. The number of H-pyrrole nitrogens is 1. The molecule has 1 aromatic carbocycles. The molecule has 11 heteroatoms. The van der Waals surface area contributed by atoms with Gasteiger partial charge in [-0.25, -0.2) is 4.98 Å². The van der Waals surface area contributed by atoms with Crippen molar-refractivity contribution >= 4 is 17.1 Å². The van der Waals surface area contributed by atoms with E-state index in [9.17, 15) is 20.2 Å². The molecule has 0 amide bonds. The second-order valence-electron chi connectivity index (χ2n) is 5.27. The number of non-ortho nitro benzene ring substituents is 1. The summed E-state index contributed by atoms with van der Waals surface area (Å²) >= 11 is 0. The Labute approximate surface area is 135 Å². The maximum Gasteiger partial charge on any atom is 0.299 e. The summed E-state index contributed by atoms with van der Waals surface area (Å²) in [6, 6.07) is 3.43. The molecule has 0 radical (unpaired) electrons. The van der Waals surface area contributed by atoms with Crippen molar-refractivity contribution < 1.29 is 14.6 Å². The second kappa shape index (κ2) is 6.58. The number of hydrogen-bond donors (Lipinski definition) is 2. The lowest BCUT2D eigenvalue weighted by Crippen LogP contribution is -2.05. The highest BCUT2D eigenvalue weighted by Gasteiger charge is 2.22. The fraction of sp³-hybridized carbons (Fsp3) is 0.385. The van der Waals surface area contributed by atoms with E-state index >= 15 is 0 Å². The maximum absolute atomic E-state index is 11.1. The van der Waals surface area contributed by atoms with Crippen LogP contribution in [0.3, 0.4) is 0 Å². The van der Waals surface area contributed by atoms with E-state index < -0.39 is 9.85 Å². The van der Waals surface area contributed by atoms with Gasteiger partial charge in [0.15, 0.2) is 5.82 Å². The van der Waals surface area contributed by atoms with Gasteiger partial charge in [-0.1, -0.05) is 0 Å². The average Bonchev–Trinajstić information content (AvgIpc) is 3.23. The molecule has 3 rings (SSSR count). The van der Waals surface area contributed by atoms with Crippen molar-refractivity contribution in [2.45, 2.75) is 18.9 Å². The lowest BCUT2D eigenvalue weighted by Gasteiger charge is -2.05. The van der Waals surface area contributed by atoms with Crippen LogP contribution in [-0.4, -0.2) is 38.2 Å². The van der Waals surface area contributed by atoms with E-state index in [1.54, 1.807) is 0 Å². The summed E-state index contributed by atoms with van der Waals surface area (Å²) in [6.07, 6.45) is 0.860. The first-order chi connectivity index (χ1) is 11.5. The van der Waals surface area contributed by atoms with Crippen LogP contribution in [0.5, 0.6) is 0 Å². The number of nitro groups is 2. The molecule has 0 aliphatic carbocycles. The molecular weight excluding hydrogens is 320 g/mol. The Hall–Kier alpha value is -3.08. The fourth-order valence-corrected chi connectivity index (χ4v) is 2.42. The Morgan fingerprint density at radius 2 is 2.17 bits per heavy atom. The van der Waals surface area contributed by atoms with Crippen LogP contribution >= 0.6 is 0 Å². The molecule has 1 aliphatic rings. The van der Waals surface area contributed by atoms with E-state index in [-0.39, 0.29) is 29.5 Å². The first kappa shape index (κ1) is 15.8. The standard InChI is InChI=1S/C13H14N6O5/c20-18(21)9-1-2-10(11(5-9)19(22)23)14-6-12-15-13(17-16-12)8-3-4-24-7-8/h1-2,5,8,14H,3-4,6-7H2,(H,15,16,17). The molecule has 2 heterocycles. The lowest BCUT2D eigenvalue weighted by molar-refractivity contribution is -0.393. The van der Waals surface area contributed by atoms with Gasteiger partial charge in [0, 0.05) is 18.6 Å². The topological polar surface area (TPSA) is 149 Å². The molecule has 1 atom stereocenters. The molecule has 11 nitrogen and oxygen atoms in total. The summed E-state index contributed by atoms with van der Waals surface area (Å²) in [6.45, 7) is 1.44. The van der Waals surface area contributed by atoms with E-state index in [4.69, 9.17) is 4.74 Å². The molecule has 126 valence electrons. The van der Waals surface area contributed by atoms with E-state index in [1.807, 2.05) is 0 Å². The summed E-state index contributed by atoms with van der Waals surface area (Å²) in [5.41, 5.74) is -0.531. The zero-order valence-electron chi connectivity index (χ0n) is 12.5. The van der Waals surface area contributed by atoms with E-state index in [1.165, 1.54) is 12.1 Å². The van der Waals surface area contributed by atoms with Gasteiger partial charge in [0.05, 0.1) is 29.1 Å². The minimum atomic E-state index is -0.677. The zero-order chi connectivity index (χ0) is 17.1. The van der Waals surface area contributed by atoms with Crippen LogP contribution in [0.2, 0.25) is 0 Å². The van der Waals surface area contributed by atoms with Crippen LogP contribution in [0.25, 0.3) is 0 Å². The monoisotopic (exact) mass is 334 g/mol. The quantitative estimate of drug-likeness (QED) is 0.599. The molecule has 24 heavy (non-hydrogen) atoms. The number of rotatable bonds is 6. The molecule has 2 N–H and O–H groups in total. The minimum absolute atomic E-state index is 0.156. The molecule has 2 aromatic rings. The Bertz CT molecular complexity index is 770. The van der Waals surface area contributed by atoms with Crippen molar-refractivity contribution in [1.82, 2.24) is 15.2 Å². The number of ether oxygens (including phenoxy) is 1. The van der Waals surface area contributed by atoms with Crippen LogP contribution < -0.4 is 5.32 Å². The number of hydrogen-bond acceptors (Lipinski definition) is 8. The van der Waals surface area contributed by atoms with Gasteiger partial charge < -0.3 is 10.1 Å². The van der Waals surface area contributed by atoms with Crippen LogP contribution in [-0.2, 0) is 11.3 Å². The number of nitrogens with zero attached hydrogens (tertiary/aromatic N) is 4. The van der Waals surface area contributed by atoms with Crippen LogP contribution in [0.15, 0.2) is 18.2 Å². The van der Waals surface area contributed by atoms with Crippen molar-refractivity contribution in [1.29, 1.82) is 0 Å². The molecule has 1 fully saturated rings. The van der Waals surface area contributed by atoms with Gasteiger partial charge in [-0.2, -0.15) is 5.10 Å². The van der Waals surface area contributed by atoms with Crippen LogP contribution in [0.1, 0.15) is 24.0 Å². The third-order valence-corrected chi connectivity index (χ3v) is 3.68. The average molecular weight is 334 g/mol. The molecule has 0 saturated carbocycles. The SMILES string of the molecule is O=[N+]([O-])c1ccc(NCc2nc(C3CCOC3)n[nH]2)c([N+](=O)[O-])c1. The van der Waals surface area contributed by atoms with Gasteiger partial charge in [0.1, 0.15) is 11.5 Å². The number of aromatic amines is 1. The second-order valence-corrected chi connectivity index (χ2v) is 5.27. The van der Waals surface area contributed by atoms with Crippen molar-refractivity contribution in [2.75, 3.05) is 18.5 Å².